The molecule has 0 fully saturated rings. The molecule has 25 heavy (non-hydrogen) atoms. The van der Waals surface area contributed by atoms with Gasteiger partial charge in [0.25, 0.3) is 5.91 Å². The minimum Gasteiger partial charge on any atom is -0.488 e. The van der Waals surface area contributed by atoms with Gasteiger partial charge in [-0.1, -0.05) is 42.5 Å². The molecule has 0 saturated carbocycles. The van der Waals surface area contributed by atoms with Crippen molar-refractivity contribution in [3.8, 4) is 17.0 Å². The number of rotatable bonds is 5. The molecule has 0 radical (unpaired) electrons. The first-order valence-electron chi connectivity index (χ1n) is 8.44. The normalized spacial score (nSPS) is 12.0. The highest BCUT2D eigenvalue weighted by Gasteiger charge is 2.25. The molecular weight excluding hydrogens is 314 g/mol. The van der Waals surface area contributed by atoms with Crippen LogP contribution in [-0.2, 0) is 13.0 Å². The summed E-state index contributed by atoms with van der Waals surface area (Å²) >= 11 is 0. The van der Waals surface area contributed by atoms with Crippen LogP contribution in [-0.4, -0.2) is 22.6 Å². The number of amides is 1. The van der Waals surface area contributed by atoms with Crippen LogP contribution in [0.1, 0.15) is 28.0 Å². The molecule has 0 bridgehead atoms. The van der Waals surface area contributed by atoms with Crippen molar-refractivity contribution in [2.24, 2.45) is 0 Å². The maximum atomic E-state index is 12.5. The number of aromatic nitrogens is 2. The van der Waals surface area contributed by atoms with Crippen LogP contribution in [0.25, 0.3) is 11.3 Å². The van der Waals surface area contributed by atoms with Gasteiger partial charge in [-0.3, -0.25) is 9.89 Å². The molecule has 2 heterocycles. The number of carbonyl (C=O) groups excluding carboxylic acids is 1. The molecule has 0 spiro atoms. The molecule has 126 valence electrons. The summed E-state index contributed by atoms with van der Waals surface area (Å²) in [5, 5.41) is 10.2. The summed E-state index contributed by atoms with van der Waals surface area (Å²) in [7, 11) is 0. The first kappa shape index (κ1) is 15.4. The zero-order valence-electron chi connectivity index (χ0n) is 13.8. The van der Waals surface area contributed by atoms with Crippen molar-refractivity contribution in [1.29, 1.82) is 0 Å². The van der Waals surface area contributed by atoms with Gasteiger partial charge >= 0.3 is 0 Å². The van der Waals surface area contributed by atoms with Crippen LogP contribution in [0, 0.1) is 0 Å². The maximum Gasteiger partial charge on any atom is 0.269 e. The Kier molecular flexibility index (Phi) is 4.21. The van der Waals surface area contributed by atoms with Crippen molar-refractivity contribution in [3.63, 3.8) is 0 Å². The topological polar surface area (TPSA) is 67.0 Å². The second-order valence-corrected chi connectivity index (χ2v) is 6.06. The van der Waals surface area contributed by atoms with E-state index in [1.807, 2.05) is 42.5 Å². The summed E-state index contributed by atoms with van der Waals surface area (Å²) in [6.45, 7) is 0.981. The lowest BCUT2D eigenvalue weighted by molar-refractivity contribution is 0.0945. The minimum atomic E-state index is -0.134. The Balaban J connectivity index is 1.40. The van der Waals surface area contributed by atoms with Crippen LogP contribution in [0.3, 0.4) is 0 Å². The SMILES string of the molecule is O=C(NCCCc1ccccc1)c1[nH]nc2c1COc1ccccc1-2. The predicted octanol–water partition coefficient (Wildman–Crippen LogP) is 3.33. The van der Waals surface area contributed by atoms with Gasteiger partial charge in [-0.2, -0.15) is 5.10 Å². The number of hydrogen-bond acceptors (Lipinski definition) is 3. The van der Waals surface area contributed by atoms with Crippen LogP contribution in [0.2, 0.25) is 0 Å². The molecule has 2 N–H and O–H groups in total. The van der Waals surface area contributed by atoms with Gasteiger partial charge in [-0.15, -0.1) is 0 Å². The first-order valence-corrected chi connectivity index (χ1v) is 8.44. The van der Waals surface area contributed by atoms with Crippen molar-refractivity contribution < 1.29 is 9.53 Å². The lowest BCUT2D eigenvalue weighted by Crippen LogP contribution is -2.26. The summed E-state index contributed by atoms with van der Waals surface area (Å²) < 4.78 is 5.74. The maximum absolute atomic E-state index is 12.5. The number of hydrogen-bond donors (Lipinski definition) is 2. The zero-order valence-corrected chi connectivity index (χ0v) is 13.8. The fraction of sp³-hybridized carbons (Fsp3) is 0.200. The molecule has 0 saturated heterocycles. The Hall–Kier alpha value is -3.08. The van der Waals surface area contributed by atoms with Crippen LogP contribution in [0.4, 0.5) is 0 Å². The van der Waals surface area contributed by atoms with E-state index in [9.17, 15) is 4.79 Å². The molecule has 0 atom stereocenters. The van der Waals surface area contributed by atoms with E-state index in [0.29, 0.717) is 18.8 Å². The van der Waals surface area contributed by atoms with Gasteiger partial charge in [0.05, 0.1) is 0 Å². The van der Waals surface area contributed by atoms with E-state index in [4.69, 9.17) is 4.74 Å². The van der Waals surface area contributed by atoms with E-state index in [-0.39, 0.29) is 5.91 Å². The molecule has 5 nitrogen and oxygen atoms in total. The Morgan fingerprint density at radius 3 is 2.80 bits per heavy atom. The smallest absolute Gasteiger partial charge is 0.269 e. The molecule has 5 heteroatoms. The number of nitrogens with zero attached hydrogens (tertiary/aromatic N) is 1. The lowest BCUT2D eigenvalue weighted by Gasteiger charge is -2.17. The van der Waals surface area contributed by atoms with Gasteiger partial charge in [0.1, 0.15) is 23.7 Å². The van der Waals surface area contributed by atoms with E-state index in [0.717, 1.165) is 35.4 Å². The molecule has 1 aliphatic heterocycles. The van der Waals surface area contributed by atoms with Gasteiger partial charge in [0.15, 0.2) is 0 Å². The second-order valence-electron chi connectivity index (χ2n) is 6.06. The number of carbonyl (C=O) groups is 1. The fourth-order valence-electron chi connectivity index (χ4n) is 3.08. The molecule has 1 amide bonds. The molecule has 3 aromatic rings. The molecule has 4 rings (SSSR count). The van der Waals surface area contributed by atoms with Crippen molar-refractivity contribution in [2.45, 2.75) is 19.4 Å². The van der Waals surface area contributed by atoms with Crippen molar-refractivity contribution in [1.82, 2.24) is 15.5 Å². The van der Waals surface area contributed by atoms with Gasteiger partial charge in [-0.25, -0.2) is 0 Å². The number of para-hydroxylation sites is 1. The van der Waals surface area contributed by atoms with Crippen molar-refractivity contribution in [2.75, 3.05) is 6.54 Å². The molecule has 2 aromatic carbocycles. The fourth-order valence-corrected chi connectivity index (χ4v) is 3.08. The predicted molar refractivity (Wildman–Crippen MR) is 95.5 cm³/mol. The lowest BCUT2D eigenvalue weighted by atomic mass is 10.0. The van der Waals surface area contributed by atoms with Crippen LogP contribution < -0.4 is 10.1 Å². The van der Waals surface area contributed by atoms with Crippen LogP contribution >= 0.6 is 0 Å². The summed E-state index contributed by atoms with van der Waals surface area (Å²) in [4.78, 5) is 12.5. The van der Waals surface area contributed by atoms with E-state index >= 15 is 0 Å². The van der Waals surface area contributed by atoms with Gasteiger partial charge in [0, 0.05) is 17.7 Å². The molecular formula is C20H19N3O2. The Morgan fingerprint density at radius 2 is 1.92 bits per heavy atom. The van der Waals surface area contributed by atoms with Crippen molar-refractivity contribution in [3.05, 3.63) is 71.4 Å². The summed E-state index contributed by atoms with van der Waals surface area (Å²) in [5.74, 6) is 0.668. The van der Waals surface area contributed by atoms with E-state index in [2.05, 4.69) is 27.6 Å². The number of aromatic amines is 1. The molecule has 1 aromatic heterocycles. The summed E-state index contributed by atoms with van der Waals surface area (Å²) in [6, 6.07) is 18.0. The number of nitrogens with one attached hydrogen (secondary N) is 2. The van der Waals surface area contributed by atoms with Crippen LogP contribution in [0.5, 0.6) is 5.75 Å². The number of benzene rings is 2. The standard InChI is InChI=1S/C20H19N3O2/c24-20(21-12-6-9-14-7-2-1-3-8-14)19-16-13-25-17-11-5-4-10-15(17)18(16)22-23-19/h1-5,7-8,10-11H,6,9,12-13H2,(H,21,24)(H,22,23). The third-order valence-corrected chi connectivity index (χ3v) is 4.38. The number of aryl methyl sites for hydroxylation is 1. The Bertz CT molecular complexity index is 887. The summed E-state index contributed by atoms with van der Waals surface area (Å²) in [5.41, 5.74) is 4.31. The number of H-pyrrole nitrogens is 1. The highest BCUT2D eigenvalue weighted by molar-refractivity contribution is 5.96. The highest BCUT2D eigenvalue weighted by atomic mass is 16.5. The third kappa shape index (κ3) is 3.13. The monoisotopic (exact) mass is 333 g/mol. The number of ether oxygens (including phenoxy) is 1. The highest BCUT2D eigenvalue weighted by Crippen LogP contribution is 2.36. The van der Waals surface area contributed by atoms with Crippen molar-refractivity contribution >= 4 is 5.91 Å². The number of fused-ring (bicyclic) bond motifs is 3. The Morgan fingerprint density at radius 1 is 1.12 bits per heavy atom. The molecule has 1 aliphatic rings. The van der Waals surface area contributed by atoms with Gasteiger partial charge in [-0.05, 0) is 30.5 Å². The first-order chi connectivity index (χ1) is 12.3. The minimum absolute atomic E-state index is 0.134. The van der Waals surface area contributed by atoms with E-state index in [1.165, 1.54) is 5.56 Å². The third-order valence-electron chi connectivity index (χ3n) is 4.38. The zero-order chi connectivity index (χ0) is 17.1. The quantitative estimate of drug-likeness (QED) is 0.704. The van der Waals surface area contributed by atoms with Gasteiger partial charge in [0.2, 0.25) is 0 Å². The average Bonchev–Trinajstić information content (AvgIpc) is 3.10. The molecule has 0 unspecified atom stereocenters. The summed E-state index contributed by atoms with van der Waals surface area (Å²) in [6.07, 6.45) is 1.84. The second kappa shape index (κ2) is 6.81. The van der Waals surface area contributed by atoms with E-state index in [1.54, 1.807) is 0 Å². The Labute approximate surface area is 146 Å². The average molecular weight is 333 g/mol. The van der Waals surface area contributed by atoms with E-state index < -0.39 is 0 Å². The van der Waals surface area contributed by atoms with Gasteiger partial charge < -0.3 is 10.1 Å². The van der Waals surface area contributed by atoms with Crippen LogP contribution in [0.15, 0.2) is 54.6 Å². The molecule has 0 aliphatic carbocycles. The largest absolute Gasteiger partial charge is 0.488 e.